The fraction of sp³-hybridized carbons (Fsp3) is 0.909. The Kier molecular flexibility index (Phi) is 14.6. The lowest BCUT2D eigenvalue weighted by Gasteiger charge is -2.11. The Morgan fingerprint density at radius 2 is 1.33 bits per heavy atom. The third-order valence-electron chi connectivity index (χ3n) is 5.50. The number of hydrogen-bond acceptors (Lipinski definition) is 5. The predicted octanol–water partition coefficient (Wildman–Crippen LogP) is 5.09. The van der Waals surface area contributed by atoms with E-state index in [9.17, 15) is 18.0 Å². The highest BCUT2D eigenvalue weighted by Crippen LogP contribution is 2.15. The van der Waals surface area contributed by atoms with E-state index in [1.54, 1.807) is 0 Å². The molecule has 0 bridgehead atoms. The van der Waals surface area contributed by atoms with Crippen LogP contribution in [-0.2, 0) is 14.6 Å². The van der Waals surface area contributed by atoms with Crippen molar-refractivity contribution in [3.05, 3.63) is 0 Å². The Morgan fingerprint density at radius 1 is 0.833 bits per heavy atom. The molecular formula is C22H42N2O5S. The summed E-state index contributed by atoms with van der Waals surface area (Å²) >= 11 is 0. The summed E-state index contributed by atoms with van der Waals surface area (Å²) < 4.78 is 27.6. The van der Waals surface area contributed by atoms with Crippen LogP contribution >= 0.6 is 0 Å². The molecular weight excluding hydrogens is 404 g/mol. The molecule has 2 N–H and O–H groups in total. The van der Waals surface area contributed by atoms with Gasteiger partial charge in [-0.3, -0.25) is 0 Å². The van der Waals surface area contributed by atoms with Crippen LogP contribution in [0.25, 0.3) is 0 Å². The summed E-state index contributed by atoms with van der Waals surface area (Å²) in [6.45, 7) is 2.76. The molecule has 0 radical (unpaired) electrons. The van der Waals surface area contributed by atoms with E-state index in [1.807, 2.05) is 0 Å². The molecule has 3 amide bonds. The number of imide groups is 1. The van der Waals surface area contributed by atoms with E-state index in [0.29, 0.717) is 6.54 Å². The molecule has 7 nitrogen and oxygen atoms in total. The zero-order chi connectivity index (χ0) is 22.1. The molecule has 1 atom stereocenters. The smallest absolute Gasteiger partial charge is 0.415 e. The SMILES string of the molecule is CCCCCCCCCCCCCCCCNC(=O)NC(=O)OC1CCS(=O)(=O)C1. The number of nitrogens with one attached hydrogen (secondary N) is 2. The first-order chi connectivity index (χ1) is 14.4. The van der Waals surface area contributed by atoms with E-state index in [1.165, 1.54) is 77.0 Å². The van der Waals surface area contributed by atoms with Crippen molar-refractivity contribution in [1.82, 2.24) is 10.6 Å². The molecule has 0 aliphatic carbocycles. The van der Waals surface area contributed by atoms with E-state index >= 15 is 0 Å². The van der Waals surface area contributed by atoms with Crippen molar-refractivity contribution < 1.29 is 22.7 Å². The number of alkyl carbamates (subject to hydrolysis) is 1. The Hall–Kier alpha value is -1.31. The third-order valence-corrected chi connectivity index (χ3v) is 7.23. The molecule has 0 saturated carbocycles. The van der Waals surface area contributed by atoms with Crippen LogP contribution in [0, 0.1) is 0 Å². The van der Waals surface area contributed by atoms with Gasteiger partial charge in [0.15, 0.2) is 9.84 Å². The van der Waals surface area contributed by atoms with Crippen LogP contribution in [0.15, 0.2) is 0 Å². The Balaban J connectivity index is 1.84. The summed E-state index contributed by atoms with van der Waals surface area (Å²) in [5, 5.41) is 4.71. The van der Waals surface area contributed by atoms with Gasteiger partial charge in [-0.25, -0.2) is 23.3 Å². The molecule has 1 unspecified atom stereocenters. The standard InChI is InChI=1S/C22H42N2O5S/c1-2-3-4-5-6-7-8-9-10-11-12-13-14-15-17-23-21(25)24-22(26)29-20-16-18-30(27,28)19-20/h20H,2-19H2,1H3,(H2,23,24,25,26). The van der Waals surface area contributed by atoms with Crippen molar-refractivity contribution in [2.45, 2.75) is 109 Å². The quantitative estimate of drug-likeness (QED) is 0.322. The molecule has 1 aliphatic rings. The largest absolute Gasteiger partial charge is 0.445 e. The molecule has 1 saturated heterocycles. The molecule has 176 valence electrons. The van der Waals surface area contributed by atoms with Gasteiger partial charge in [0.05, 0.1) is 11.5 Å². The average Bonchev–Trinajstić information content (AvgIpc) is 3.02. The topological polar surface area (TPSA) is 102 Å². The van der Waals surface area contributed by atoms with Crippen LogP contribution in [0.1, 0.15) is 103 Å². The maximum atomic E-state index is 11.6. The van der Waals surface area contributed by atoms with Crippen LogP contribution in [0.2, 0.25) is 0 Å². The zero-order valence-corrected chi connectivity index (χ0v) is 19.6. The summed E-state index contributed by atoms with van der Waals surface area (Å²) in [6.07, 6.45) is 16.6. The number of hydrogen-bond donors (Lipinski definition) is 2. The van der Waals surface area contributed by atoms with Crippen LogP contribution in [0.4, 0.5) is 9.59 Å². The van der Waals surface area contributed by atoms with Crippen molar-refractivity contribution in [3.63, 3.8) is 0 Å². The van der Waals surface area contributed by atoms with E-state index in [-0.39, 0.29) is 17.9 Å². The van der Waals surface area contributed by atoms with Gasteiger partial charge in [0, 0.05) is 6.54 Å². The maximum Gasteiger partial charge on any atom is 0.415 e. The maximum absolute atomic E-state index is 11.6. The molecule has 0 aromatic heterocycles. The number of carbonyl (C=O) groups is 2. The number of urea groups is 1. The van der Waals surface area contributed by atoms with Gasteiger partial charge in [-0.05, 0) is 12.8 Å². The molecule has 0 spiro atoms. The Bertz CT molecular complexity index is 580. The lowest BCUT2D eigenvalue weighted by molar-refractivity contribution is 0.112. The molecule has 0 aromatic rings. The van der Waals surface area contributed by atoms with Gasteiger partial charge in [-0.2, -0.15) is 0 Å². The molecule has 8 heteroatoms. The van der Waals surface area contributed by atoms with Crippen LogP contribution in [0.5, 0.6) is 0 Å². The Morgan fingerprint density at radius 3 is 1.80 bits per heavy atom. The predicted molar refractivity (Wildman–Crippen MR) is 120 cm³/mol. The second-order valence-electron chi connectivity index (χ2n) is 8.41. The molecule has 1 aliphatic heterocycles. The first-order valence-electron chi connectivity index (χ1n) is 11.9. The van der Waals surface area contributed by atoms with Crippen LogP contribution in [-0.4, -0.2) is 44.7 Å². The van der Waals surface area contributed by atoms with Crippen molar-refractivity contribution in [2.75, 3.05) is 18.1 Å². The first-order valence-corrected chi connectivity index (χ1v) is 13.7. The van der Waals surface area contributed by atoms with Crippen molar-refractivity contribution in [2.24, 2.45) is 0 Å². The number of amides is 3. The number of unbranched alkanes of at least 4 members (excludes halogenated alkanes) is 13. The zero-order valence-electron chi connectivity index (χ0n) is 18.8. The third kappa shape index (κ3) is 14.6. The molecule has 0 aromatic carbocycles. The fourth-order valence-corrected chi connectivity index (χ4v) is 5.28. The molecule has 1 rings (SSSR count). The molecule has 1 fully saturated rings. The van der Waals surface area contributed by atoms with Crippen molar-refractivity contribution in [3.8, 4) is 0 Å². The van der Waals surface area contributed by atoms with Gasteiger partial charge in [-0.15, -0.1) is 0 Å². The highest BCUT2D eigenvalue weighted by atomic mass is 32.2. The summed E-state index contributed by atoms with van der Waals surface area (Å²) in [5.41, 5.74) is 0. The van der Waals surface area contributed by atoms with Gasteiger partial charge in [0.25, 0.3) is 0 Å². The average molecular weight is 447 g/mol. The van der Waals surface area contributed by atoms with Crippen LogP contribution in [0.3, 0.4) is 0 Å². The Labute approximate surface area is 183 Å². The molecule has 30 heavy (non-hydrogen) atoms. The van der Waals surface area contributed by atoms with Gasteiger partial charge in [-0.1, -0.05) is 90.4 Å². The van der Waals surface area contributed by atoms with E-state index in [0.717, 1.165) is 12.8 Å². The number of carbonyl (C=O) groups excluding carboxylic acids is 2. The van der Waals surface area contributed by atoms with Gasteiger partial charge in [0.2, 0.25) is 0 Å². The van der Waals surface area contributed by atoms with Gasteiger partial charge >= 0.3 is 12.1 Å². The fourth-order valence-electron chi connectivity index (χ4n) is 3.69. The van der Waals surface area contributed by atoms with E-state index in [4.69, 9.17) is 4.74 Å². The van der Waals surface area contributed by atoms with Gasteiger partial charge < -0.3 is 10.1 Å². The first kappa shape index (κ1) is 26.7. The highest BCUT2D eigenvalue weighted by Gasteiger charge is 2.31. The normalized spacial score (nSPS) is 17.6. The van der Waals surface area contributed by atoms with Crippen molar-refractivity contribution in [1.29, 1.82) is 0 Å². The van der Waals surface area contributed by atoms with E-state index < -0.39 is 28.1 Å². The summed E-state index contributed by atoms with van der Waals surface area (Å²) in [4.78, 5) is 23.2. The lowest BCUT2D eigenvalue weighted by Crippen LogP contribution is -2.41. The monoisotopic (exact) mass is 446 g/mol. The minimum absolute atomic E-state index is 0.0241. The van der Waals surface area contributed by atoms with E-state index in [2.05, 4.69) is 17.6 Å². The van der Waals surface area contributed by atoms with Crippen LogP contribution < -0.4 is 10.6 Å². The summed E-state index contributed by atoms with van der Waals surface area (Å²) in [5.74, 6) is -0.142. The molecule has 1 heterocycles. The minimum Gasteiger partial charge on any atom is -0.445 e. The second kappa shape index (κ2) is 16.4. The summed E-state index contributed by atoms with van der Waals surface area (Å²) in [7, 11) is -3.11. The highest BCUT2D eigenvalue weighted by molar-refractivity contribution is 7.91. The van der Waals surface area contributed by atoms with Gasteiger partial charge in [0.1, 0.15) is 6.10 Å². The van der Waals surface area contributed by atoms with Crippen molar-refractivity contribution >= 4 is 22.0 Å². The number of ether oxygens (including phenoxy) is 1. The number of rotatable bonds is 16. The summed E-state index contributed by atoms with van der Waals surface area (Å²) in [6, 6.07) is -0.601. The lowest BCUT2D eigenvalue weighted by atomic mass is 10.0. The number of sulfone groups is 1. The minimum atomic E-state index is -3.11. The second-order valence-corrected chi connectivity index (χ2v) is 10.6.